The van der Waals surface area contributed by atoms with E-state index < -0.39 is 0 Å². The van der Waals surface area contributed by atoms with E-state index in [9.17, 15) is 0 Å². The summed E-state index contributed by atoms with van der Waals surface area (Å²) in [5, 5.41) is 3.43. The van der Waals surface area contributed by atoms with Crippen molar-refractivity contribution in [3.8, 4) is 0 Å². The number of piperazine rings is 1. The van der Waals surface area contributed by atoms with Gasteiger partial charge in [0.05, 0.1) is 18.6 Å². The Morgan fingerprint density at radius 2 is 1.92 bits per heavy atom. The van der Waals surface area contributed by atoms with Crippen LogP contribution < -0.4 is 10.2 Å². The summed E-state index contributed by atoms with van der Waals surface area (Å²) in [6, 6.07) is 1.63. The second-order valence-electron chi connectivity index (χ2n) is 2.90. The molecular formula is C10H26N2. The van der Waals surface area contributed by atoms with Crippen molar-refractivity contribution in [2.24, 2.45) is 0 Å². The van der Waals surface area contributed by atoms with Crippen molar-refractivity contribution in [1.82, 2.24) is 5.32 Å². The fraction of sp³-hybridized carbons (Fsp3) is 0.900. The maximum absolute atomic E-state index is 4.00. The van der Waals surface area contributed by atoms with E-state index in [1.807, 2.05) is 13.8 Å². The van der Waals surface area contributed by atoms with Crippen molar-refractivity contribution < 1.29 is 4.90 Å². The van der Waals surface area contributed by atoms with Gasteiger partial charge in [0.1, 0.15) is 0 Å². The molecule has 2 N–H and O–H groups in total. The zero-order valence-electron chi connectivity index (χ0n) is 6.98. The molecule has 2 bridgehead atoms. The van der Waals surface area contributed by atoms with Crippen LogP contribution in [0.15, 0.2) is 0 Å². The maximum atomic E-state index is 4.00. The van der Waals surface area contributed by atoms with Gasteiger partial charge < -0.3 is 10.2 Å². The van der Waals surface area contributed by atoms with E-state index in [0.717, 1.165) is 12.1 Å². The van der Waals surface area contributed by atoms with Crippen LogP contribution >= 0.6 is 0 Å². The van der Waals surface area contributed by atoms with Crippen molar-refractivity contribution in [3.05, 3.63) is 7.05 Å². The molecule has 0 amide bonds. The largest absolute Gasteiger partial charge is 0.463 e. The van der Waals surface area contributed by atoms with E-state index in [-0.39, 0.29) is 14.9 Å². The van der Waals surface area contributed by atoms with Gasteiger partial charge in [0.25, 0.3) is 0 Å². The van der Waals surface area contributed by atoms with Gasteiger partial charge in [0.15, 0.2) is 0 Å². The Morgan fingerprint density at radius 3 is 2.08 bits per heavy atom. The zero-order valence-corrected chi connectivity index (χ0v) is 6.98. The highest BCUT2D eigenvalue weighted by molar-refractivity contribution is 4.85. The van der Waals surface area contributed by atoms with Crippen LogP contribution in [0.3, 0.4) is 0 Å². The van der Waals surface area contributed by atoms with Crippen LogP contribution in [0, 0.1) is 7.05 Å². The molecule has 0 aromatic rings. The molecule has 2 nitrogen and oxygen atoms in total. The third kappa shape index (κ3) is 2.76. The third-order valence-electron chi connectivity index (χ3n) is 2.31. The standard InChI is InChI=1S/C6H12N2.C2H6.2CH4/c1-8-4-5-2-6(8)3-7-5;1-2;;/h5-8H,1-4H2;1-2H3;2*1H4/t5-,6-;;;/m1.../s1. The number of quaternary nitrogens is 1. The Bertz CT molecular complexity index is 102. The summed E-state index contributed by atoms with van der Waals surface area (Å²) in [5.41, 5.74) is 0. The molecule has 0 spiro atoms. The summed E-state index contributed by atoms with van der Waals surface area (Å²) < 4.78 is 0. The third-order valence-corrected chi connectivity index (χ3v) is 2.31. The molecule has 0 aliphatic carbocycles. The monoisotopic (exact) mass is 174 g/mol. The Hall–Kier alpha value is -0.0800. The summed E-state index contributed by atoms with van der Waals surface area (Å²) in [6.45, 7) is 6.44. The zero-order chi connectivity index (χ0) is 7.56. The van der Waals surface area contributed by atoms with Crippen LogP contribution in [0.4, 0.5) is 0 Å². The van der Waals surface area contributed by atoms with Gasteiger partial charge in [0, 0.05) is 13.0 Å². The highest BCUT2D eigenvalue weighted by atomic mass is 15.3. The minimum absolute atomic E-state index is 0. The molecule has 3 atom stereocenters. The molecule has 0 aromatic carbocycles. The Kier molecular flexibility index (Phi) is 7.75. The fourth-order valence-corrected chi connectivity index (χ4v) is 1.77. The molecule has 2 aliphatic rings. The van der Waals surface area contributed by atoms with Crippen LogP contribution in [0.1, 0.15) is 35.1 Å². The Labute approximate surface area is 78.3 Å². The first-order chi connectivity index (χ1) is 4.86. The van der Waals surface area contributed by atoms with Gasteiger partial charge in [0.2, 0.25) is 0 Å². The summed E-state index contributed by atoms with van der Waals surface area (Å²) in [7, 11) is 4.00. The van der Waals surface area contributed by atoms with Gasteiger partial charge in [-0.2, -0.15) is 7.05 Å². The van der Waals surface area contributed by atoms with Crippen molar-refractivity contribution in [2.75, 3.05) is 13.1 Å². The van der Waals surface area contributed by atoms with Crippen molar-refractivity contribution >= 4 is 0 Å². The number of rotatable bonds is 0. The quantitative estimate of drug-likeness (QED) is 0.517. The lowest BCUT2D eigenvalue weighted by Crippen LogP contribution is -3.11. The molecule has 2 heterocycles. The molecule has 2 saturated heterocycles. The second-order valence-corrected chi connectivity index (χ2v) is 2.90. The van der Waals surface area contributed by atoms with E-state index in [1.54, 1.807) is 0 Å². The fourth-order valence-electron chi connectivity index (χ4n) is 1.77. The van der Waals surface area contributed by atoms with Gasteiger partial charge in [-0.25, -0.2) is 0 Å². The van der Waals surface area contributed by atoms with Crippen LogP contribution in [0.25, 0.3) is 0 Å². The molecule has 0 aromatic heterocycles. The Morgan fingerprint density at radius 1 is 1.33 bits per heavy atom. The summed E-state index contributed by atoms with van der Waals surface area (Å²) in [5.74, 6) is 0. The van der Waals surface area contributed by atoms with Gasteiger partial charge in [-0.1, -0.05) is 28.7 Å². The molecule has 1 unspecified atom stereocenters. The number of fused-ring (bicyclic) bond motifs is 2. The summed E-state index contributed by atoms with van der Waals surface area (Å²) in [4.78, 5) is 1.48. The van der Waals surface area contributed by atoms with Gasteiger partial charge >= 0.3 is 0 Å². The van der Waals surface area contributed by atoms with Crippen molar-refractivity contribution in [2.45, 2.75) is 47.2 Å². The normalized spacial score (nSPS) is 35.8. The van der Waals surface area contributed by atoms with E-state index in [4.69, 9.17) is 0 Å². The van der Waals surface area contributed by atoms with Crippen LogP contribution in [0.5, 0.6) is 0 Å². The van der Waals surface area contributed by atoms with E-state index in [0.29, 0.717) is 0 Å². The lowest BCUT2D eigenvalue weighted by molar-refractivity contribution is -0.869. The smallest absolute Gasteiger partial charge is 0.0779 e. The van der Waals surface area contributed by atoms with Crippen LogP contribution in [-0.2, 0) is 0 Å². The molecule has 76 valence electrons. The minimum Gasteiger partial charge on any atom is -0.463 e. The molecule has 12 heavy (non-hydrogen) atoms. The van der Waals surface area contributed by atoms with Gasteiger partial charge in [-0.3, -0.25) is 0 Å². The number of hydrogen-bond donors (Lipinski definition) is 2. The second kappa shape index (κ2) is 6.44. The van der Waals surface area contributed by atoms with Gasteiger partial charge in [-0.05, 0) is 0 Å². The summed E-state index contributed by atoms with van der Waals surface area (Å²) in [6.07, 6.45) is 1.36. The topological polar surface area (TPSA) is 16.5 Å². The molecule has 2 fully saturated rings. The summed E-state index contributed by atoms with van der Waals surface area (Å²) >= 11 is 0. The highest BCUT2D eigenvalue weighted by Gasteiger charge is 2.35. The molecular weight excluding hydrogens is 148 g/mol. The van der Waals surface area contributed by atoms with E-state index in [2.05, 4.69) is 12.4 Å². The molecule has 2 aliphatic heterocycles. The average Bonchev–Trinajstić information content (AvgIpc) is 2.52. The Balaban J connectivity index is 0. The predicted octanol–water partition coefficient (Wildman–Crippen LogP) is 0.705. The number of nitrogens with one attached hydrogen (secondary N) is 2. The highest BCUT2D eigenvalue weighted by Crippen LogP contribution is 2.07. The first-order valence-corrected chi connectivity index (χ1v) is 4.27. The molecule has 0 radical (unpaired) electrons. The van der Waals surface area contributed by atoms with Crippen molar-refractivity contribution in [3.63, 3.8) is 0 Å². The molecule has 0 saturated carbocycles. The van der Waals surface area contributed by atoms with Crippen LogP contribution in [-0.4, -0.2) is 25.2 Å². The lowest BCUT2D eigenvalue weighted by atomic mass is 10.2. The first-order valence-electron chi connectivity index (χ1n) is 4.27. The number of hydrogen-bond acceptors (Lipinski definition) is 1. The first kappa shape index (κ1) is 14.4. The van der Waals surface area contributed by atoms with E-state index >= 15 is 0 Å². The lowest BCUT2D eigenvalue weighted by Gasteiger charge is -2.25. The average molecular weight is 174 g/mol. The van der Waals surface area contributed by atoms with Crippen molar-refractivity contribution in [1.29, 1.82) is 0 Å². The molecule has 2 heteroatoms. The van der Waals surface area contributed by atoms with Gasteiger partial charge in [-0.15, -0.1) is 0 Å². The number of likely N-dealkylation sites (tertiary alicyclic amines) is 1. The van der Waals surface area contributed by atoms with Crippen LogP contribution in [0.2, 0.25) is 0 Å². The molecule has 2 rings (SSSR count). The minimum atomic E-state index is 0. The van der Waals surface area contributed by atoms with E-state index in [1.165, 1.54) is 24.4 Å². The maximum Gasteiger partial charge on any atom is 0.0779 e. The predicted molar refractivity (Wildman–Crippen MR) is 56.2 cm³/mol. The SMILES string of the molecule is C.C.CC.[CH2-][NH+]1C[C@H]2C[C@@H]1CN2.